The Bertz CT molecular complexity index is 864. The molecule has 0 bridgehead atoms. The van der Waals surface area contributed by atoms with Gasteiger partial charge < -0.3 is 15.2 Å². The molecular formula is C18H17NO6S. The Hall–Kier alpha value is -3.00. The van der Waals surface area contributed by atoms with E-state index in [1.165, 1.54) is 25.3 Å². The molecule has 26 heavy (non-hydrogen) atoms. The highest BCUT2D eigenvalue weighted by Gasteiger charge is 2.15. The number of carboxylic acid groups (broad SMARTS) is 1. The Labute approximate surface area is 152 Å². The van der Waals surface area contributed by atoms with Gasteiger partial charge in [-0.1, -0.05) is 24.3 Å². The van der Waals surface area contributed by atoms with Crippen molar-refractivity contribution in [1.29, 1.82) is 0 Å². The smallest absolute Gasteiger partial charge is 0.339 e. The summed E-state index contributed by atoms with van der Waals surface area (Å²) in [5, 5.41) is 11.5. The molecule has 0 aliphatic carbocycles. The van der Waals surface area contributed by atoms with Crippen molar-refractivity contribution in [3.63, 3.8) is 0 Å². The number of benzene rings is 2. The van der Waals surface area contributed by atoms with Crippen molar-refractivity contribution in [1.82, 2.24) is 0 Å². The first-order chi connectivity index (χ1) is 12.4. The van der Waals surface area contributed by atoms with Gasteiger partial charge in [0, 0.05) is 16.6 Å². The van der Waals surface area contributed by atoms with Crippen LogP contribution in [0.1, 0.15) is 26.3 Å². The van der Waals surface area contributed by atoms with Crippen LogP contribution in [0.25, 0.3) is 0 Å². The Kier molecular flexibility index (Phi) is 6.62. The van der Waals surface area contributed by atoms with Crippen molar-refractivity contribution < 1.29 is 28.4 Å². The van der Waals surface area contributed by atoms with Gasteiger partial charge in [0.2, 0.25) is 5.91 Å². The van der Waals surface area contributed by atoms with Gasteiger partial charge in [0.1, 0.15) is 5.75 Å². The van der Waals surface area contributed by atoms with E-state index in [0.717, 1.165) is 0 Å². The fourth-order valence-electron chi connectivity index (χ4n) is 2.24. The summed E-state index contributed by atoms with van der Waals surface area (Å²) in [5.74, 6) is -2.42. The average molecular weight is 375 g/mol. The molecule has 0 aliphatic rings. The monoisotopic (exact) mass is 375 g/mol. The summed E-state index contributed by atoms with van der Waals surface area (Å²) in [6, 6.07) is 12.4. The van der Waals surface area contributed by atoms with Gasteiger partial charge in [0.25, 0.3) is 0 Å². The second-order valence-corrected chi connectivity index (χ2v) is 6.78. The Morgan fingerprint density at radius 1 is 1.12 bits per heavy atom. The molecule has 0 spiro atoms. The number of carboxylic acids is 1. The van der Waals surface area contributed by atoms with Gasteiger partial charge in [-0.05, 0) is 29.8 Å². The second kappa shape index (κ2) is 8.91. The molecule has 0 radical (unpaired) electrons. The van der Waals surface area contributed by atoms with Crippen LogP contribution < -0.4 is 5.32 Å². The van der Waals surface area contributed by atoms with Gasteiger partial charge in [0.15, 0.2) is 0 Å². The number of methoxy groups -OCH3 is 1. The van der Waals surface area contributed by atoms with E-state index in [-0.39, 0.29) is 28.3 Å². The van der Waals surface area contributed by atoms with E-state index in [0.29, 0.717) is 5.56 Å². The number of aromatic carboxylic acids is 1. The first-order valence-corrected chi connectivity index (χ1v) is 9.04. The predicted molar refractivity (Wildman–Crippen MR) is 96.5 cm³/mol. The van der Waals surface area contributed by atoms with Crippen LogP contribution in [0.15, 0.2) is 48.5 Å². The van der Waals surface area contributed by atoms with Crippen LogP contribution in [0, 0.1) is 0 Å². The Morgan fingerprint density at radius 2 is 1.85 bits per heavy atom. The Morgan fingerprint density at radius 3 is 2.54 bits per heavy atom. The van der Waals surface area contributed by atoms with Crippen LogP contribution in [-0.4, -0.2) is 40.0 Å². The number of anilines is 1. The van der Waals surface area contributed by atoms with Crippen molar-refractivity contribution in [3.8, 4) is 0 Å². The molecular weight excluding hydrogens is 358 g/mol. The topological polar surface area (TPSA) is 110 Å². The number of esters is 1. The third-order valence-electron chi connectivity index (χ3n) is 3.40. The highest BCUT2D eigenvalue weighted by Crippen LogP contribution is 2.16. The molecule has 7 nitrogen and oxygen atoms in total. The largest absolute Gasteiger partial charge is 0.478 e. The summed E-state index contributed by atoms with van der Waals surface area (Å²) in [6.07, 6.45) is 0. The highest BCUT2D eigenvalue weighted by atomic mass is 32.2. The highest BCUT2D eigenvalue weighted by molar-refractivity contribution is 7.84. The minimum atomic E-state index is -1.54. The molecule has 0 aliphatic heterocycles. The lowest BCUT2D eigenvalue weighted by molar-refractivity contribution is -0.113. The van der Waals surface area contributed by atoms with Crippen LogP contribution >= 0.6 is 0 Å². The first-order valence-electron chi connectivity index (χ1n) is 7.55. The molecule has 0 heterocycles. The third kappa shape index (κ3) is 5.25. The van der Waals surface area contributed by atoms with Crippen molar-refractivity contribution in [2.24, 2.45) is 0 Å². The fraction of sp³-hybridized carbons (Fsp3) is 0.167. The standard InChI is InChI=1S/C18H17NO6S/c1-25-18(23)14-7-2-3-8-15(14)19-16(20)11-26(24)10-12-5-4-6-13(9-12)17(21)22/h2-9H,10-11H2,1H3,(H,19,20)(H,21,22). The summed E-state index contributed by atoms with van der Waals surface area (Å²) in [5.41, 5.74) is 1.12. The lowest BCUT2D eigenvalue weighted by atomic mass is 10.1. The Balaban J connectivity index is 2.00. The molecule has 0 aromatic heterocycles. The quantitative estimate of drug-likeness (QED) is 0.717. The van der Waals surface area contributed by atoms with E-state index in [9.17, 15) is 18.6 Å². The van der Waals surface area contributed by atoms with Crippen molar-refractivity contribution >= 4 is 34.3 Å². The van der Waals surface area contributed by atoms with Crippen molar-refractivity contribution in [2.45, 2.75) is 5.75 Å². The minimum absolute atomic E-state index is 0.0488. The van der Waals surface area contributed by atoms with Gasteiger partial charge in [0.05, 0.1) is 23.9 Å². The number of amides is 1. The fourth-order valence-corrected chi connectivity index (χ4v) is 3.26. The maximum atomic E-state index is 12.2. The van der Waals surface area contributed by atoms with E-state index in [4.69, 9.17) is 5.11 Å². The van der Waals surface area contributed by atoms with Crippen LogP contribution in [-0.2, 0) is 26.1 Å². The van der Waals surface area contributed by atoms with Gasteiger partial charge in [-0.15, -0.1) is 0 Å². The maximum Gasteiger partial charge on any atom is 0.339 e. The van der Waals surface area contributed by atoms with Crippen molar-refractivity contribution in [2.75, 3.05) is 18.2 Å². The van der Waals surface area contributed by atoms with Gasteiger partial charge >= 0.3 is 11.9 Å². The van der Waals surface area contributed by atoms with Crippen LogP contribution in [0.4, 0.5) is 5.69 Å². The molecule has 1 unspecified atom stereocenters. The van der Waals surface area contributed by atoms with Crippen LogP contribution in [0.2, 0.25) is 0 Å². The molecule has 0 saturated carbocycles. The van der Waals surface area contributed by atoms with E-state index < -0.39 is 28.6 Å². The third-order valence-corrected chi connectivity index (χ3v) is 4.64. The van der Waals surface area contributed by atoms with Gasteiger partial charge in [-0.25, -0.2) is 9.59 Å². The number of para-hydroxylation sites is 1. The van der Waals surface area contributed by atoms with E-state index in [1.807, 2.05) is 0 Å². The first kappa shape index (κ1) is 19.3. The number of carbonyl (C=O) groups excluding carboxylic acids is 2. The van der Waals surface area contributed by atoms with E-state index in [2.05, 4.69) is 10.1 Å². The molecule has 2 aromatic carbocycles. The maximum absolute atomic E-state index is 12.2. The van der Waals surface area contributed by atoms with Gasteiger partial charge in [-0.2, -0.15) is 0 Å². The molecule has 8 heteroatoms. The molecule has 0 saturated heterocycles. The van der Waals surface area contributed by atoms with Crippen molar-refractivity contribution in [3.05, 3.63) is 65.2 Å². The van der Waals surface area contributed by atoms with E-state index in [1.54, 1.807) is 30.3 Å². The molecule has 2 N–H and O–H groups in total. The lowest BCUT2D eigenvalue weighted by Gasteiger charge is -2.09. The predicted octanol–water partition coefficient (Wildman–Crippen LogP) is 2.06. The molecule has 0 fully saturated rings. The molecule has 1 atom stereocenters. The molecule has 2 rings (SSSR count). The number of hydrogen-bond acceptors (Lipinski definition) is 5. The zero-order chi connectivity index (χ0) is 19.1. The summed E-state index contributed by atoms with van der Waals surface area (Å²) in [7, 11) is -0.299. The van der Waals surface area contributed by atoms with E-state index >= 15 is 0 Å². The SMILES string of the molecule is COC(=O)c1ccccc1NC(=O)CS(=O)Cc1cccc(C(=O)O)c1. The summed E-state index contributed by atoms with van der Waals surface area (Å²) >= 11 is 0. The number of ether oxygens (including phenoxy) is 1. The summed E-state index contributed by atoms with van der Waals surface area (Å²) in [4.78, 5) is 34.7. The zero-order valence-electron chi connectivity index (χ0n) is 13.9. The lowest BCUT2D eigenvalue weighted by Crippen LogP contribution is -2.21. The summed E-state index contributed by atoms with van der Waals surface area (Å²) in [6.45, 7) is 0. The van der Waals surface area contributed by atoms with Gasteiger partial charge in [-0.3, -0.25) is 9.00 Å². The average Bonchev–Trinajstić information content (AvgIpc) is 2.61. The molecule has 2 aromatic rings. The summed E-state index contributed by atoms with van der Waals surface area (Å²) < 4.78 is 16.8. The second-order valence-electron chi connectivity index (χ2n) is 5.32. The van der Waals surface area contributed by atoms with Crippen LogP contribution in [0.5, 0.6) is 0 Å². The normalized spacial score (nSPS) is 11.4. The number of hydrogen-bond donors (Lipinski definition) is 2. The number of carbonyl (C=O) groups is 3. The number of rotatable bonds is 7. The number of nitrogens with one attached hydrogen (secondary N) is 1. The minimum Gasteiger partial charge on any atom is -0.478 e. The molecule has 1 amide bonds. The van der Waals surface area contributed by atoms with Crippen LogP contribution in [0.3, 0.4) is 0 Å². The molecule has 136 valence electrons. The zero-order valence-corrected chi connectivity index (χ0v) is 14.7.